The lowest BCUT2D eigenvalue weighted by Crippen LogP contribution is -2.33. The monoisotopic (exact) mass is 232 g/mol. The van der Waals surface area contributed by atoms with E-state index >= 15 is 0 Å². The third kappa shape index (κ3) is 3.83. The zero-order valence-corrected chi connectivity index (χ0v) is 10.9. The minimum absolute atomic E-state index is 0.160. The van der Waals surface area contributed by atoms with Gasteiger partial charge < -0.3 is 10.6 Å². The van der Waals surface area contributed by atoms with Crippen molar-refractivity contribution >= 4 is 0 Å². The number of aryl methyl sites for hydroxylation is 1. The maximum Gasteiger partial charge on any atom is 0.0424 e. The molecule has 2 rings (SSSR count). The quantitative estimate of drug-likeness (QED) is 0.868. The van der Waals surface area contributed by atoms with Gasteiger partial charge >= 0.3 is 0 Å². The van der Waals surface area contributed by atoms with Crippen LogP contribution < -0.4 is 5.73 Å². The van der Waals surface area contributed by atoms with Crippen molar-refractivity contribution in [2.24, 2.45) is 5.73 Å². The number of nitrogens with two attached hydrogens (primary N) is 1. The van der Waals surface area contributed by atoms with Crippen LogP contribution in [0.5, 0.6) is 0 Å². The highest BCUT2D eigenvalue weighted by Gasteiger charge is 2.13. The zero-order chi connectivity index (χ0) is 12.1. The van der Waals surface area contributed by atoms with Gasteiger partial charge in [0.05, 0.1) is 0 Å². The van der Waals surface area contributed by atoms with Crippen LogP contribution in [0.1, 0.15) is 42.9 Å². The van der Waals surface area contributed by atoms with E-state index < -0.39 is 0 Å². The lowest BCUT2D eigenvalue weighted by atomic mass is 10.0. The van der Waals surface area contributed by atoms with Crippen molar-refractivity contribution < 1.29 is 0 Å². The largest absolute Gasteiger partial charge is 0.323 e. The topological polar surface area (TPSA) is 29.3 Å². The van der Waals surface area contributed by atoms with Crippen molar-refractivity contribution in [2.45, 2.75) is 38.6 Å². The molecule has 0 spiro atoms. The van der Waals surface area contributed by atoms with Gasteiger partial charge in [0.2, 0.25) is 0 Å². The predicted molar refractivity (Wildman–Crippen MR) is 73.0 cm³/mol. The molecule has 0 aliphatic carbocycles. The Morgan fingerprint density at radius 3 is 2.53 bits per heavy atom. The summed E-state index contributed by atoms with van der Waals surface area (Å²) in [5.41, 5.74) is 8.88. The van der Waals surface area contributed by atoms with Gasteiger partial charge in [-0.25, -0.2) is 0 Å². The summed E-state index contributed by atoms with van der Waals surface area (Å²) in [6.07, 6.45) is 5.44. The predicted octanol–water partition coefficient (Wildman–Crippen LogP) is 2.87. The molecule has 0 amide bonds. The Kier molecular flexibility index (Phi) is 4.57. The minimum Gasteiger partial charge on any atom is -0.323 e. The van der Waals surface area contributed by atoms with Gasteiger partial charge in [-0.05, 0) is 38.4 Å². The summed E-state index contributed by atoms with van der Waals surface area (Å²) in [4.78, 5) is 2.53. The first-order valence-corrected chi connectivity index (χ1v) is 6.80. The number of hydrogen-bond acceptors (Lipinski definition) is 2. The molecule has 1 saturated heterocycles. The van der Waals surface area contributed by atoms with Gasteiger partial charge in [0.15, 0.2) is 0 Å². The molecule has 0 radical (unpaired) electrons. The average molecular weight is 232 g/mol. The molecule has 1 atom stereocenters. The van der Waals surface area contributed by atoms with E-state index in [-0.39, 0.29) is 6.04 Å². The van der Waals surface area contributed by atoms with Crippen molar-refractivity contribution in [3.8, 4) is 0 Å². The van der Waals surface area contributed by atoms with Gasteiger partial charge in [0, 0.05) is 12.6 Å². The van der Waals surface area contributed by atoms with Crippen LogP contribution in [-0.4, -0.2) is 24.5 Å². The van der Waals surface area contributed by atoms with Gasteiger partial charge in [0.1, 0.15) is 0 Å². The Morgan fingerprint density at radius 1 is 1.18 bits per heavy atom. The van der Waals surface area contributed by atoms with E-state index in [4.69, 9.17) is 5.73 Å². The molecule has 1 aliphatic heterocycles. The summed E-state index contributed by atoms with van der Waals surface area (Å²) in [5, 5.41) is 0. The number of rotatable bonds is 3. The maximum absolute atomic E-state index is 6.30. The Hall–Kier alpha value is -0.860. The summed E-state index contributed by atoms with van der Waals surface area (Å²) in [6, 6.07) is 8.75. The number of nitrogens with zero attached hydrogens (tertiary/aromatic N) is 1. The van der Waals surface area contributed by atoms with Crippen LogP contribution in [0.4, 0.5) is 0 Å². The molecule has 1 heterocycles. The molecule has 0 saturated carbocycles. The molecule has 17 heavy (non-hydrogen) atoms. The highest BCUT2D eigenvalue weighted by atomic mass is 15.1. The van der Waals surface area contributed by atoms with Crippen molar-refractivity contribution in [3.63, 3.8) is 0 Å². The van der Waals surface area contributed by atoms with Crippen molar-refractivity contribution in [3.05, 3.63) is 35.4 Å². The number of hydrogen-bond donors (Lipinski definition) is 1. The van der Waals surface area contributed by atoms with Gasteiger partial charge in [-0.1, -0.05) is 42.7 Å². The lowest BCUT2D eigenvalue weighted by Gasteiger charge is -2.24. The number of likely N-dealkylation sites (tertiary alicyclic amines) is 1. The fraction of sp³-hybridized carbons (Fsp3) is 0.600. The van der Waals surface area contributed by atoms with Gasteiger partial charge in [-0.3, -0.25) is 0 Å². The molecule has 1 aliphatic rings. The Bertz CT molecular complexity index is 341. The van der Waals surface area contributed by atoms with Crippen LogP contribution in [0.2, 0.25) is 0 Å². The molecule has 94 valence electrons. The van der Waals surface area contributed by atoms with E-state index in [9.17, 15) is 0 Å². The smallest absolute Gasteiger partial charge is 0.0424 e. The maximum atomic E-state index is 6.30. The summed E-state index contributed by atoms with van der Waals surface area (Å²) in [5.74, 6) is 0. The standard InChI is InChI=1S/C15H24N2/c1-13-7-6-8-14(11-13)15(16)12-17-9-4-2-3-5-10-17/h6-8,11,15H,2-5,9-10,12,16H2,1H3. The van der Waals surface area contributed by atoms with Crippen LogP contribution in [0.25, 0.3) is 0 Å². The van der Waals surface area contributed by atoms with E-state index in [1.165, 1.54) is 49.9 Å². The molecular weight excluding hydrogens is 208 g/mol. The molecule has 2 N–H and O–H groups in total. The molecule has 1 fully saturated rings. The summed E-state index contributed by atoms with van der Waals surface area (Å²) in [7, 11) is 0. The van der Waals surface area contributed by atoms with Gasteiger partial charge in [0.25, 0.3) is 0 Å². The molecule has 2 nitrogen and oxygen atoms in total. The molecule has 0 bridgehead atoms. The fourth-order valence-corrected chi connectivity index (χ4v) is 2.60. The van der Waals surface area contributed by atoms with E-state index in [2.05, 4.69) is 36.1 Å². The van der Waals surface area contributed by atoms with Crippen molar-refractivity contribution in [2.75, 3.05) is 19.6 Å². The first kappa shape index (κ1) is 12.6. The minimum atomic E-state index is 0.160. The van der Waals surface area contributed by atoms with Crippen molar-refractivity contribution in [1.82, 2.24) is 4.90 Å². The third-order valence-corrected chi connectivity index (χ3v) is 3.62. The molecule has 1 aromatic rings. The number of benzene rings is 1. The summed E-state index contributed by atoms with van der Waals surface area (Å²) < 4.78 is 0. The van der Waals surface area contributed by atoms with E-state index in [0.717, 1.165) is 6.54 Å². The van der Waals surface area contributed by atoms with Gasteiger partial charge in [-0.2, -0.15) is 0 Å². The molecule has 2 heteroatoms. The normalized spacial score (nSPS) is 19.9. The summed E-state index contributed by atoms with van der Waals surface area (Å²) >= 11 is 0. The van der Waals surface area contributed by atoms with Crippen LogP contribution >= 0.6 is 0 Å². The fourth-order valence-electron chi connectivity index (χ4n) is 2.60. The lowest BCUT2D eigenvalue weighted by molar-refractivity contribution is 0.268. The van der Waals surface area contributed by atoms with Crippen LogP contribution in [0, 0.1) is 6.92 Å². The molecule has 1 aromatic carbocycles. The first-order chi connectivity index (χ1) is 8.25. The zero-order valence-electron chi connectivity index (χ0n) is 10.9. The average Bonchev–Trinajstić information content (AvgIpc) is 2.57. The molecule has 0 aromatic heterocycles. The summed E-state index contributed by atoms with van der Waals surface area (Å²) in [6.45, 7) is 5.57. The SMILES string of the molecule is Cc1cccc(C(N)CN2CCCCCC2)c1. The van der Waals surface area contributed by atoms with Gasteiger partial charge in [-0.15, -0.1) is 0 Å². The van der Waals surface area contributed by atoms with Crippen molar-refractivity contribution in [1.29, 1.82) is 0 Å². The van der Waals surface area contributed by atoms with E-state index in [0.29, 0.717) is 0 Å². The first-order valence-electron chi connectivity index (χ1n) is 6.80. The Morgan fingerprint density at radius 2 is 1.88 bits per heavy atom. The highest BCUT2D eigenvalue weighted by Crippen LogP contribution is 2.16. The second-order valence-corrected chi connectivity index (χ2v) is 5.24. The Balaban J connectivity index is 1.93. The van der Waals surface area contributed by atoms with Crippen LogP contribution in [0.3, 0.4) is 0 Å². The second-order valence-electron chi connectivity index (χ2n) is 5.24. The Labute approximate surface area is 105 Å². The molecular formula is C15H24N2. The highest BCUT2D eigenvalue weighted by molar-refractivity contribution is 5.25. The molecule has 1 unspecified atom stereocenters. The second kappa shape index (κ2) is 6.18. The van der Waals surface area contributed by atoms with Crippen LogP contribution in [-0.2, 0) is 0 Å². The van der Waals surface area contributed by atoms with E-state index in [1.54, 1.807) is 0 Å². The third-order valence-electron chi connectivity index (χ3n) is 3.62. The van der Waals surface area contributed by atoms with Crippen LogP contribution in [0.15, 0.2) is 24.3 Å². The van der Waals surface area contributed by atoms with E-state index in [1.807, 2.05) is 0 Å².